The second-order valence-electron chi connectivity index (χ2n) is 6.43. The van der Waals surface area contributed by atoms with Crippen molar-refractivity contribution in [3.8, 4) is 0 Å². The van der Waals surface area contributed by atoms with Gasteiger partial charge in [-0.3, -0.25) is 9.59 Å². The molecule has 0 radical (unpaired) electrons. The van der Waals surface area contributed by atoms with Crippen LogP contribution in [-0.2, 0) is 19.1 Å². The third-order valence-corrected chi connectivity index (χ3v) is 4.73. The van der Waals surface area contributed by atoms with Crippen LogP contribution in [0.15, 0.2) is 0 Å². The van der Waals surface area contributed by atoms with Gasteiger partial charge in [0, 0.05) is 33.0 Å². The maximum atomic E-state index is 12.3. The number of nitrogens with one attached hydrogen (secondary N) is 2. The van der Waals surface area contributed by atoms with Crippen LogP contribution in [-0.4, -0.2) is 56.7 Å². The Morgan fingerprint density at radius 1 is 1.18 bits per heavy atom. The minimum absolute atomic E-state index is 0.0552. The molecule has 0 bridgehead atoms. The first-order valence-electron chi connectivity index (χ1n) is 8.26. The molecule has 1 spiro atoms. The van der Waals surface area contributed by atoms with E-state index in [4.69, 9.17) is 9.47 Å². The summed E-state index contributed by atoms with van der Waals surface area (Å²) in [7, 11) is 1.68. The summed E-state index contributed by atoms with van der Waals surface area (Å²) in [4.78, 5) is 24.5. The molecule has 2 N–H and O–H groups in total. The van der Waals surface area contributed by atoms with Gasteiger partial charge in [-0.25, -0.2) is 0 Å². The molecule has 126 valence electrons. The van der Waals surface area contributed by atoms with Gasteiger partial charge in [0.25, 0.3) is 0 Å². The highest BCUT2D eigenvalue weighted by Gasteiger charge is 2.39. The van der Waals surface area contributed by atoms with Crippen molar-refractivity contribution in [2.24, 2.45) is 5.92 Å². The van der Waals surface area contributed by atoms with Crippen molar-refractivity contribution >= 4 is 11.8 Å². The number of esters is 1. The number of hydrogen-bond acceptors (Lipinski definition) is 6. The average Bonchev–Trinajstić information content (AvgIpc) is 2.96. The molecule has 2 saturated heterocycles. The predicted octanol–water partition coefficient (Wildman–Crippen LogP) is 0.646. The number of carbonyl (C=O) groups is 2. The van der Waals surface area contributed by atoms with Crippen LogP contribution in [0.4, 0.5) is 0 Å². The van der Waals surface area contributed by atoms with Gasteiger partial charge in [0.05, 0.1) is 6.10 Å². The molecule has 0 aromatic carbocycles. The Morgan fingerprint density at radius 3 is 2.55 bits per heavy atom. The van der Waals surface area contributed by atoms with E-state index in [0.717, 1.165) is 32.4 Å². The van der Waals surface area contributed by atoms with Crippen LogP contribution in [0.5, 0.6) is 0 Å². The zero-order valence-corrected chi connectivity index (χ0v) is 13.7. The molecule has 0 amide bonds. The Labute approximate surface area is 132 Å². The highest BCUT2D eigenvalue weighted by Crippen LogP contribution is 2.22. The van der Waals surface area contributed by atoms with Gasteiger partial charge in [-0.05, 0) is 39.3 Å². The molecule has 6 heteroatoms. The minimum atomic E-state index is -0.698. The van der Waals surface area contributed by atoms with Crippen molar-refractivity contribution in [2.45, 2.75) is 50.7 Å². The normalized spacial score (nSPS) is 35.5. The summed E-state index contributed by atoms with van der Waals surface area (Å²) in [5.41, 5.74) is -0.514. The molecule has 2 fully saturated rings. The maximum Gasteiger partial charge on any atom is 0.316 e. The maximum absolute atomic E-state index is 12.3. The van der Waals surface area contributed by atoms with Crippen molar-refractivity contribution in [3.05, 3.63) is 0 Å². The number of ketones is 1. The topological polar surface area (TPSA) is 76.7 Å². The average molecular weight is 312 g/mol. The number of hydrogen-bond donors (Lipinski definition) is 2. The van der Waals surface area contributed by atoms with Crippen molar-refractivity contribution in [1.82, 2.24) is 10.6 Å². The van der Waals surface area contributed by atoms with E-state index in [2.05, 4.69) is 10.6 Å². The Bertz CT molecular complexity index is 394. The number of ether oxygens (including phenoxy) is 2. The molecule has 3 atom stereocenters. The van der Waals surface area contributed by atoms with Gasteiger partial charge in [-0.15, -0.1) is 0 Å². The first kappa shape index (κ1) is 17.4. The van der Waals surface area contributed by atoms with Crippen LogP contribution >= 0.6 is 0 Å². The first-order valence-corrected chi connectivity index (χ1v) is 8.26. The zero-order valence-electron chi connectivity index (χ0n) is 13.7. The smallest absolute Gasteiger partial charge is 0.316 e. The van der Waals surface area contributed by atoms with Gasteiger partial charge in [0.1, 0.15) is 17.3 Å². The van der Waals surface area contributed by atoms with Crippen molar-refractivity contribution in [3.63, 3.8) is 0 Å². The van der Waals surface area contributed by atoms with Gasteiger partial charge in [-0.1, -0.05) is 0 Å². The number of methoxy groups -OCH3 is 1. The standard InChI is InChI=1S/C16H28N2O4/c1-12-14(19)6-5-13(21-2)4-3-8-17-10-16(22-15(12)20)7-9-18-11-16/h12-13,17-18H,3-11H2,1-2H3. The van der Waals surface area contributed by atoms with Gasteiger partial charge >= 0.3 is 5.97 Å². The molecule has 6 nitrogen and oxygen atoms in total. The van der Waals surface area contributed by atoms with Crippen LogP contribution < -0.4 is 10.6 Å². The monoisotopic (exact) mass is 312 g/mol. The second kappa shape index (κ2) is 8.04. The summed E-state index contributed by atoms with van der Waals surface area (Å²) < 4.78 is 11.2. The fourth-order valence-corrected chi connectivity index (χ4v) is 3.10. The number of Topliss-reactive ketones (excluding diaryl/α,β-unsaturated/α-hetero) is 1. The Morgan fingerprint density at radius 2 is 1.91 bits per heavy atom. The Balaban J connectivity index is 2.06. The molecule has 0 aliphatic carbocycles. The van der Waals surface area contributed by atoms with Crippen LogP contribution in [0.25, 0.3) is 0 Å². The minimum Gasteiger partial charge on any atom is -0.456 e. The van der Waals surface area contributed by atoms with E-state index < -0.39 is 17.5 Å². The Kier molecular flexibility index (Phi) is 6.35. The molecule has 2 heterocycles. The third-order valence-electron chi connectivity index (χ3n) is 4.73. The molecule has 3 unspecified atom stereocenters. The molecule has 2 aliphatic rings. The van der Waals surface area contributed by atoms with Gasteiger partial charge in [-0.2, -0.15) is 0 Å². The van der Waals surface area contributed by atoms with Crippen LogP contribution in [0.1, 0.15) is 39.0 Å². The zero-order chi connectivity index (χ0) is 16.0. The van der Waals surface area contributed by atoms with Gasteiger partial charge in [0.15, 0.2) is 0 Å². The molecule has 0 saturated carbocycles. The highest BCUT2D eigenvalue weighted by molar-refractivity contribution is 5.98. The van der Waals surface area contributed by atoms with Gasteiger partial charge in [0.2, 0.25) is 0 Å². The van der Waals surface area contributed by atoms with E-state index in [-0.39, 0.29) is 11.9 Å². The summed E-state index contributed by atoms with van der Waals surface area (Å²) in [5.74, 6) is -1.15. The summed E-state index contributed by atoms with van der Waals surface area (Å²) in [6.07, 6.45) is 3.81. The third kappa shape index (κ3) is 4.51. The van der Waals surface area contributed by atoms with E-state index in [1.165, 1.54) is 0 Å². The molecule has 0 aromatic heterocycles. The summed E-state index contributed by atoms with van der Waals surface area (Å²) in [6, 6.07) is 0. The molecule has 22 heavy (non-hydrogen) atoms. The summed E-state index contributed by atoms with van der Waals surface area (Å²) in [6.45, 7) is 4.62. The lowest BCUT2D eigenvalue weighted by Gasteiger charge is -2.29. The van der Waals surface area contributed by atoms with Crippen LogP contribution in [0.3, 0.4) is 0 Å². The lowest BCUT2D eigenvalue weighted by molar-refractivity contribution is -0.164. The summed E-state index contributed by atoms with van der Waals surface area (Å²) >= 11 is 0. The first-order chi connectivity index (χ1) is 10.6. The molecular weight excluding hydrogens is 284 g/mol. The fraction of sp³-hybridized carbons (Fsp3) is 0.875. The van der Waals surface area contributed by atoms with E-state index in [1.54, 1.807) is 14.0 Å². The second-order valence-corrected chi connectivity index (χ2v) is 6.43. The lowest BCUT2D eigenvalue weighted by atomic mass is 9.98. The molecule has 2 aliphatic heterocycles. The highest BCUT2D eigenvalue weighted by atomic mass is 16.6. The fourth-order valence-electron chi connectivity index (χ4n) is 3.10. The summed E-state index contributed by atoms with van der Waals surface area (Å²) in [5, 5.41) is 6.64. The number of carbonyl (C=O) groups excluding carboxylic acids is 2. The van der Waals surface area contributed by atoms with Crippen molar-refractivity contribution < 1.29 is 19.1 Å². The van der Waals surface area contributed by atoms with E-state index in [0.29, 0.717) is 25.9 Å². The lowest BCUT2D eigenvalue weighted by Crippen LogP contribution is -2.47. The molecule has 0 aromatic rings. The Hall–Kier alpha value is -0.980. The molecular formula is C16H28N2O4. The predicted molar refractivity (Wildman–Crippen MR) is 82.6 cm³/mol. The van der Waals surface area contributed by atoms with Crippen LogP contribution in [0.2, 0.25) is 0 Å². The number of rotatable bonds is 1. The van der Waals surface area contributed by atoms with Crippen LogP contribution in [0, 0.1) is 5.92 Å². The van der Waals surface area contributed by atoms with Gasteiger partial charge < -0.3 is 20.1 Å². The van der Waals surface area contributed by atoms with Crippen molar-refractivity contribution in [1.29, 1.82) is 0 Å². The largest absolute Gasteiger partial charge is 0.456 e. The SMILES string of the molecule is COC1CCCNCC2(CCNC2)OC(=O)C(C)C(=O)CC1. The molecule has 2 rings (SSSR count). The van der Waals surface area contributed by atoms with Crippen molar-refractivity contribution in [2.75, 3.05) is 33.3 Å². The van der Waals surface area contributed by atoms with E-state index in [9.17, 15) is 9.59 Å². The quantitative estimate of drug-likeness (QED) is 0.547. The van der Waals surface area contributed by atoms with E-state index >= 15 is 0 Å². The van der Waals surface area contributed by atoms with E-state index in [1.807, 2.05) is 0 Å².